The van der Waals surface area contributed by atoms with Gasteiger partial charge in [-0.3, -0.25) is 4.79 Å². The van der Waals surface area contributed by atoms with Gasteiger partial charge in [-0.2, -0.15) is 0 Å². The summed E-state index contributed by atoms with van der Waals surface area (Å²) in [5, 5.41) is 24.8. The van der Waals surface area contributed by atoms with Crippen LogP contribution >= 0.6 is 0 Å². The number of aliphatic hydroxyl groups excluding tert-OH is 3. The number of ether oxygens (including phenoxy) is 1. The number of carbonyl (C=O) groups is 1. The molecule has 0 atom stereocenters. The van der Waals surface area contributed by atoms with E-state index in [9.17, 15) is 4.79 Å². The number of hydrogen-bond acceptors (Lipinski definition) is 5. The van der Waals surface area contributed by atoms with E-state index in [-0.39, 0.29) is 37.9 Å². The maximum absolute atomic E-state index is 10.2. The van der Waals surface area contributed by atoms with Gasteiger partial charge in [0.05, 0.1) is 12.7 Å². The van der Waals surface area contributed by atoms with Gasteiger partial charge < -0.3 is 20.1 Å². The second-order valence-electron chi connectivity index (χ2n) is 3.68. The molecular formula is C14H30O5Zr. The molecule has 0 aromatic heterocycles. The Morgan fingerprint density at radius 1 is 1.05 bits per heavy atom. The van der Waals surface area contributed by atoms with Gasteiger partial charge >= 0.3 is 0 Å². The first kappa shape index (κ1) is 28.0. The average molecular weight is 370 g/mol. The third-order valence-electron chi connectivity index (χ3n) is 1.64. The van der Waals surface area contributed by atoms with E-state index in [4.69, 9.17) is 15.3 Å². The van der Waals surface area contributed by atoms with Crippen molar-refractivity contribution >= 4 is 5.78 Å². The summed E-state index contributed by atoms with van der Waals surface area (Å²) >= 11 is 0. The molecule has 5 nitrogen and oxygen atoms in total. The third kappa shape index (κ3) is 43.1. The zero-order valence-electron chi connectivity index (χ0n) is 13.2. The average Bonchev–Trinajstić information content (AvgIpc) is 2.32. The largest absolute Gasteiger partial charge is 0.481 e. The van der Waals surface area contributed by atoms with Gasteiger partial charge in [0, 0.05) is 39.4 Å². The number of carbonyl (C=O) groups excluding carboxylic acids is 1. The van der Waals surface area contributed by atoms with Crippen molar-refractivity contribution in [1.82, 2.24) is 0 Å². The number of rotatable bonds is 7. The molecule has 0 saturated heterocycles. The van der Waals surface area contributed by atoms with Crippen molar-refractivity contribution in [2.75, 3.05) is 19.8 Å². The second kappa shape index (κ2) is 27.2. The summed E-state index contributed by atoms with van der Waals surface area (Å²) in [4.78, 5) is 10.2. The summed E-state index contributed by atoms with van der Waals surface area (Å²) in [6, 6.07) is 0. The van der Waals surface area contributed by atoms with E-state index in [0.29, 0.717) is 19.8 Å². The minimum Gasteiger partial charge on any atom is -0.481 e. The minimum atomic E-state index is -0.315. The maximum Gasteiger partial charge on any atom is 0.280 e. The molecule has 20 heavy (non-hydrogen) atoms. The third-order valence-corrected chi connectivity index (χ3v) is 1.64. The van der Waals surface area contributed by atoms with Crippen molar-refractivity contribution in [3.05, 3.63) is 12.0 Å². The molecule has 0 saturated carbocycles. The van der Waals surface area contributed by atoms with E-state index in [1.807, 2.05) is 0 Å². The molecule has 0 radical (unpaired) electrons. The topological polar surface area (TPSA) is 87.0 Å². The predicted molar refractivity (Wildman–Crippen MR) is 77.0 cm³/mol. The van der Waals surface area contributed by atoms with Crippen LogP contribution in [0.3, 0.4) is 0 Å². The molecule has 0 aliphatic heterocycles. The molecule has 0 unspecified atom stereocenters. The predicted octanol–water partition coefficient (Wildman–Crippen LogP) is 2.57. The van der Waals surface area contributed by atoms with Crippen LogP contribution in [0, 0.1) is 0 Å². The van der Waals surface area contributed by atoms with Gasteiger partial charge in [0.2, 0.25) is 0 Å². The Morgan fingerprint density at radius 3 is 1.60 bits per heavy atom. The molecule has 0 aliphatic carbocycles. The molecular weight excluding hydrogens is 339 g/mol. The number of unbranched alkanes of at least 4 members (excludes halogenated alkanes) is 2. The molecule has 0 rings (SSSR count). The van der Waals surface area contributed by atoms with Crippen LogP contribution in [0.4, 0.5) is 0 Å². The van der Waals surface area contributed by atoms with E-state index in [1.54, 1.807) is 6.92 Å². The SMILES string of the molecule is CCCCO.CCCCO.CCOC(O)=CC(C)=O.[Zr]. The van der Waals surface area contributed by atoms with Gasteiger partial charge in [-0.25, -0.2) is 0 Å². The number of hydrogen-bond donors (Lipinski definition) is 3. The standard InChI is InChI=1S/C6H10O3.2C4H10O.Zr/c1-3-9-6(8)4-5(2)7;2*1-2-3-4-5;/h4,8H,3H2,1-2H3;2*5H,2-4H2,1H3;. The van der Waals surface area contributed by atoms with E-state index in [2.05, 4.69) is 18.6 Å². The first-order chi connectivity index (χ1) is 8.99. The number of ketones is 1. The Balaban J connectivity index is -0.000000101. The van der Waals surface area contributed by atoms with E-state index in [0.717, 1.165) is 31.8 Å². The van der Waals surface area contributed by atoms with Crippen LogP contribution < -0.4 is 0 Å². The number of aliphatic hydroxyl groups is 3. The molecule has 0 amide bonds. The van der Waals surface area contributed by atoms with Crippen molar-refractivity contribution in [3.8, 4) is 0 Å². The molecule has 0 bridgehead atoms. The summed E-state index contributed by atoms with van der Waals surface area (Å²) in [7, 11) is 0. The van der Waals surface area contributed by atoms with Crippen molar-refractivity contribution in [1.29, 1.82) is 0 Å². The monoisotopic (exact) mass is 368 g/mol. The number of allylic oxidation sites excluding steroid dienone is 1. The van der Waals surface area contributed by atoms with Crippen LogP contribution in [-0.2, 0) is 35.7 Å². The maximum atomic E-state index is 10.2. The summed E-state index contributed by atoms with van der Waals surface area (Å²) in [5.41, 5.74) is 0. The molecule has 0 spiro atoms. The summed E-state index contributed by atoms with van der Waals surface area (Å²) < 4.78 is 4.55. The van der Waals surface area contributed by atoms with Crippen LogP contribution in [0.25, 0.3) is 0 Å². The molecule has 3 N–H and O–H groups in total. The smallest absolute Gasteiger partial charge is 0.280 e. The van der Waals surface area contributed by atoms with Gasteiger partial charge in [0.25, 0.3) is 5.95 Å². The van der Waals surface area contributed by atoms with Crippen LogP contribution in [-0.4, -0.2) is 40.9 Å². The van der Waals surface area contributed by atoms with Crippen LogP contribution in [0.1, 0.15) is 53.4 Å². The van der Waals surface area contributed by atoms with Gasteiger partial charge in [-0.05, 0) is 26.7 Å². The van der Waals surface area contributed by atoms with Crippen molar-refractivity contribution < 1.29 is 51.1 Å². The second-order valence-corrected chi connectivity index (χ2v) is 3.68. The molecule has 0 heterocycles. The van der Waals surface area contributed by atoms with Crippen LogP contribution in [0.15, 0.2) is 12.0 Å². The Bertz CT molecular complexity index is 198. The van der Waals surface area contributed by atoms with E-state index >= 15 is 0 Å². The van der Waals surface area contributed by atoms with Crippen molar-refractivity contribution in [2.45, 2.75) is 53.4 Å². The van der Waals surface area contributed by atoms with Gasteiger partial charge in [0.1, 0.15) is 0 Å². The first-order valence-corrected chi connectivity index (χ1v) is 6.75. The fraction of sp³-hybridized carbons (Fsp3) is 0.786. The van der Waals surface area contributed by atoms with Gasteiger partial charge in [-0.1, -0.05) is 26.7 Å². The molecule has 0 fully saturated rings. The summed E-state index contributed by atoms with van der Waals surface area (Å²) in [6.45, 7) is 8.23. The Morgan fingerprint density at radius 2 is 1.45 bits per heavy atom. The molecule has 0 aromatic rings. The summed E-state index contributed by atoms with van der Waals surface area (Å²) in [5.74, 6) is -0.536. The molecule has 120 valence electrons. The zero-order valence-corrected chi connectivity index (χ0v) is 15.6. The van der Waals surface area contributed by atoms with E-state index in [1.165, 1.54) is 6.92 Å². The van der Waals surface area contributed by atoms with Gasteiger partial charge in [-0.15, -0.1) is 0 Å². The van der Waals surface area contributed by atoms with Crippen LogP contribution in [0.2, 0.25) is 0 Å². The normalized spacial score (nSPS) is 9.20. The van der Waals surface area contributed by atoms with Crippen molar-refractivity contribution in [3.63, 3.8) is 0 Å². The fourth-order valence-corrected chi connectivity index (χ4v) is 0.680. The first-order valence-electron chi connectivity index (χ1n) is 6.75. The van der Waals surface area contributed by atoms with Crippen LogP contribution in [0.5, 0.6) is 0 Å². The molecule has 6 heteroatoms. The Kier molecular flexibility index (Phi) is 38.1. The van der Waals surface area contributed by atoms with E-state index < -0.39 is 0 Å². The van der Waals surface area contributed by atoms with Crippen molar-refractivity contribution in [2.24, 2.45) is 0 Å². The van der Waals surface area contributed by atoms with Gasteiger partial charge in [0.15, 0.2) is 5.78 Å². The Labute approximate surface area is 142 Å². The summed E-state index contributed by atoms with van der Waals surface area (Å²) in [6.07, 6.45) is 5.11. The quantitative estimate of drug-likeness (QED) is 0.474. The fourth-order valence-electron chi connectivity index (χ4n) is 0.680. The Hall–Kier alpha value is -0.187. The zero-order chi connectivity index (χ0) is 15.5. The minimum absolute atomic E-state index is 0. The molecule has 0 aromatic carbocycles. The molecule has 0 aliphatic rings.